The normalized spacial score (nSPS) is 21.2. The van der Waals surface area contributed by atoms with Crippen molar-refractivity contribution in [3.05, 3.63) is 52.2 Å². The van der Waals surface area contributed by atoms with E-state index in [-0.39, 0.29) is 36.0 Å². The van der Waals surface area contributed by atoms with E-state index in [4.69, 9.17) is 4.52 Å². The van der Waals surface area contributed by atoms with Gasteiger partial charge in [0.15, 0.2) is 0 Å². The second-order valence-electron chi connectivity index (χ2n) is 13.4. The second kappa shape index (κ2) is 9.99. The fraction of sp³-hybridized carbons (Fsp3) is 0.613. The number of piperazine rings is 1. The minimum absolute atomic E-state index is 0.00156. The molecule has 0 radical (unpaired) electrons. The zero-order valence-corrected chi connectivity index (χ0v) is 25.1. The van der Waals surface area contributed by atoms with E-state index in [0.717, 1.165) is 43.6 Å². The fourth-order valence-corrected chi connectivity index (χ4v) is 6.08. The predicted octanol–water partition coefficient (Wildman–Crippen LogP) is 6.76. The highest BCUT2D eigenvalue weighted by Crippen LogP contribution is 2.58. The number of hydrogen-bond donors (Lipinski definition) is 0. The second-order valence-corrected chi connectivity index (χ2v) is 13.4. The molecule has 2 aliphatic carbocycles. The first-order valence-electron chi connectivity index (χ1n) is 14.8. The average molecular weight is 587 g/mol. The Bertz CT molecular complexity index is 1500. The summed E-state index contributed by atoms with van der Waals surface area (Å²) in [5.74, 6) is 0.669. The van der Waals surface area contributed by atoms with Crippen LogP contribution >= 0.6 is 0 Å². The van der Waals surface area contributed by atoms with Gasteiger partial charge in [-0.2, -0.15) is 18.2 Å². The largest absolute Gasteiger partial charge is 0.401 e. The highest BCUT2D eigenvalue weighted by Gasteiger charge is 2.66. The summed E-state index contributed by atoms with van der Waals surface area (Å²) in [5.41, 5.74) is 1.48. The van der Waals surface area contributed by atoms with E-state index in [0.29, 0.717) is 40.9 Å². The van der Waals surface area contributed by atoms with E-state index >= 15 is 4.39 Å². The highest BCUT2D eigenvalue weighted by molar-refractivity contribution is 5.74. The number of aryl methyl sites for hydroxylation is 1. The molecule has 7 nitrogen and oxygen atoms in total. The molecule has 0 spiro atoms. The molecule has 11 heteroatoms. The van der Waals surface area contributed by atoms with E-state index < -0.39 is 17.4 Å². The molecule has 2 saturated carbocycles. The summed E-state index contributed by atoms with van der Waals surface area (Å²) in [4.78, 5) is 18.0. The van der Waals surface area contributed by atoms with Crippen molar-refractivity contribution in [2.45, 2.75) is 103 Å². The molecule has 1 saturated heterocycles. The SMILES string of the molecule is Cc1nc(C2(C(F)(F)F)CC2)nc(C2CC2)c1-c1c(F)ccc(CN2CCN(c3noc(C(C)(C)C)n3)[C@H](C)C2)c1C. The van der Waals surface area contributed by atoms with Crippen LogP contribution in [0.1, 0.15) is 93.5 Å². The van der Waals surface area contributed by atoms with Crippen LogP contribution in [0.2, 0.25) is 0 Å². The first-order chi connectivity index (χ1) is 19.7. The van der Waals surface area contributed by atoms with Crippen LogP contribution < -0.4 is 4.90 Å². The van der Waals surface area contributed by atoms with Crippen molar-refractivity contribution in [2.75, 3.05) is 24.5 Å². The number of nitrogens with zero attached hydrogens (tertiary/aromatic N) is 6. The number of rotatable bonds is 6. The van der Waals surface area contributed by atoms with E-state index in [2.05, 4.69) is 36.8 Å². The van der Waals surface area contributed by atoms with Gasteiger partial charge in [-0.3, -0.25) is 4.90 Å². The lowest BCUT2D eigenvalue weighted by molar-refractivity contribution is -0.162. The molecule has 226 valence electrons. The Morgan fingerprint density at radius 3 is 2.29 bits per heavy atom. The smallest absolute Gasteiger partial charge is 0.337 e. The molecule has 0 bridgehead atoms. The number of hydrogen-bond acceptors (Lipinski definition) is 7. The summed E-state index contributed by atoms with van der Waals surface area (Å²) in [6.45, 7) is 14.7. The lowest BCUT2D eigenvalue weighted by Crippen LogP contribution is -2.52. The van der Waals surface area contributed by atoms with Gasteiger partial charge in [0.1, 0.15) is 17.1 Å². The third kappa shape index (κ3) is 5.07. The van der Waals surface area contributed by atoms with Crippen LogP contribution in [0.15, 0.2) is 16.7 Å². The predicted molar refractivity (Wildman–Crippen MR) is 151 cm³/mol. The molecule has 42 heavy (non-hydrogen) atoms. The van der Waals surface area contributed by atoms with Crippen LogP contribution in [0.3, 0.4) is 0 Å². The maximum absolute atomic E-state index is 15.6. The Morgan fingerprint density at radius 2 is 1.71 bits per heavy atom. The van der Waals surface area contributed by atoms with Crippen molar-refractivity contribution in [1.29, 1.82) is 0 Å². The maximum Gasteiger partial charge on any atom is 0.401 e. The Hall–Kier alpha value is -3.08. The molecule has 0 N–H and O–H groups in total. The molecule has 1 atom stereocenters. The van der Waals surface area contributed by atoms with Crippen LogP contribution in [0.4, 0.5) is 23.5 Å². The number of alkyl halides is 3. The van der Waals surface area contributed by atoms with E-state index in [1.807, 2.05) is 33.8 Å². The van der Waals surface area contributed by atoms with Gasteiger partial charge in [0.25, 0.3) is 5.95 Å². The molecule has 1 aliphatic heterocycles. The van der Waals surface area contributed by atoms with E-state index in [1.54, 1.807) is 6.92 Å². The Balaban J connectivity index is 1.27. The zero-order valence-electron chi connectivity index (χ0n) is 25.1. The summed E-state index contributed by atoms with van der Waals surface area (Å²) in [6, 6.07) is 3.41. The molecule has 0 amide bonds. The Labute approximate surface area is 243 Å². The monoisotopic (exact) mass is 586 g/mol. The molecule has 2 aromatic heterocycles. The Kier molecular flexibility index (Phi) is 6.90. The van der Waals surface area contributed by atoms with Gasteiger partial charge in [0.05, 0.1) is 5.69 Å². The summed E-state index contributed by atoms with van der Waals surface area (Å²) < 4.78 is 62.9. The summed E-state index contributed by atoms with van der Waals surface area (Å²) in [7, 11) is 0. The van der Waals surface area contributed by atoms with Gasteiger partial charge in [-0.05, 0) is 68.8 Å². The van der Waals surface area contributed by atoms with E-state index in [9.17, 15) is 13.2 Å². The summed E-state index contributed by atoms with van der Waals surface area (Å²) >= 11 is 0. The molecule has 3 heterocycles. The standard InChI is InChI=1S/C31H38F4N6O/c1-17-15-40(13-14-41(17)28-38-27(42-39-28)29(4,5)6)16-21-9-10-22(32)23(18(21)2)24-19(3)36-26(37-25(24)20-7-8-20)30(11-12-30)31(33,34)35/h9-10,17,20H,7-8,11-16H2,1-6H3/t17-/m1/s1. The van der Waals surface area contributed by atoms with Crippen molar-refractivity contribution in [3.63, 3.8) is 0 Å². The van der Waals surface area contributed by atoms with Crippen molar-refractivity contribution in [3.8, 4) is 11.1 Å². The first-order valence-corrected chi connectivity index (χ1v) is 14.8. The first kappa shape index (κ1) is 29.0. The third-order valence-corrected chi connectivity index (χ3v) is 9.00. The fourth-order valence-electron chi connectivity index (χ4n) is 6.08. The van der Waals surface area contributed by atoms with Gasteiger partial charge in [0, 0.05) is 60.4 Å². The lowest BCUT2D eigenvalue weighted by Gasteiger charge is -2.39. The number of halogens is 4. The molecular weight excluding hydrogens is 548 g/mol. The highest BCUT2D eigenvalue weighted by atomic mass is 19.4. The van der Waals surface area contributed by atoms with Crippen LogP contribution in [-0.2, 0) is 17.4 Å². The van der Waals surface area contributed by atoms with Crippen LogP contribution in [-0.4, -0.2) is 56.9 Å². The van der Waals surface area contributed by atoms with Crippen molar-refractivity contribution in [2.24, 2.45) is 0 Å². The van der Waals surface area contributed by atoms with Gasteiger partial charge in [-0.25, -0.2) is 14.4 Å². The van der Waals surface area contributed by atoms with Gasteiger partial charge < -0.3 is 9.42 Å². The molecule has 3 fully saturated rings. The van der Waals surface area contributed by atoms with Crippen molar-refractivity contribution >= 4 is 5.95 Å². The Morgan fingerprint density at radius 1 is 1.00 bits per heavy atom. The molecular formula is C31H38F4N6O. The molecule has 0 unspecified atom stereocenters. The summed E-state index contributed by atoms with van der Waals surface area (Å²) in [5, 5.41) is 4.21. The van der Waals surface area contributed by atoms with Crippen LogP contribution in [0.25, 0.3) is 11.1 Å². The minimum atomic E-state index is -4.40. The van der Waals surface area contributed by atoms with Gasteiger partial charge >= 0.3 is 6.18 Å². The van der Waals surface area contributed by atoms with Crippen LogP contribution in [0.5, 0.6) is 0 Å². The average Bonchev–Trinajstić information content (AvgIpc) is 3.83. The molecule has 1 aromatic carbocycles. The number of benzene rings is 1. The molecule has 3 aromatic rings. The van der Waals surface area contributed by atoms with Crippen LogP contribution in [0, 0.1) is 19.7 Å². The van der Waals surface area contributed by atoms with E-state index in [1.165, 1.54) is 6.07 Å². The topological polar surface area (TPSA) is 71.2 Å². The number of aromatic nitrogens is 4. The zero-order chi connectivity index (χ0) is 30.2. The van der Waals surface area contributed by atoms with Gasteiger partial charge in [-0.15, -0.1) is 0 Å². The minimum Gasteiger partial charge on any atom is -0.337 e. The van der Waals surface area contributed by atoms with Gasteiger partial charge in [-0.1, -0.05) is 26.8 Å². The van der Waals surface area contributed by atoms with Crippen molar-refractivity contribution < 1.29 is 22.1 Å². The van der Waals surface area contributed by atoms with Crippen molar-refractivity contribution in [1.82, 2.24) is 25.0 Å². The maximum atomic E-state index is 15.6. The quantitative estimate of drug-likeness (QED) is 0.296. The van der Waals surface area contributed by atoms with Gasteiger partial charge in [0.2, 0.25) is 5.89 Å². The molecule has 3 aliphatic rings. The molecule has 6 rings (SSSR count). The summed E-state index contributed by atoms with van der Waals surface area (Å²) in [6.07, 6.45) is -2.73. The lowest BCUT2D eigenvalue weighted by atomic mass is 9.91. The third-order valence-electron chi connectivity index (χ3n) is 9.00. The number of anilines is 1.